The molecule has 0 amide bonds. The number of hydrogen-bond donors (Lipinski definition) is 4. The van der Waals surface area contributed by atoms with Crippen molar-refractivity contribution in [3.63, 3.8) is 0 Å². The highest BCUT2D eigenvalue weighted by Crippen LogP contribution is 2.35. The van der Waals surface area contributed by atoms with Gasteiger partial charge in [-0.25, -0.2) is 0 Å². The maximum atomic E-state index is 12.8. The standard InChI is InChI=1S/C35H46N2O5/c1-5-6-7-8-9-10-30(39)19-31(40)17-29(22-38)32-20-34(42-4)33(41)18-27(32)15-26-16-28(35(36)37-21-26)14-25-12-23(2)11-24(3)13-25/h11-13,16-18,20-21,35,37-38,41H,5-10,14-15,19,22,36H2,1-4H3. The van der Waals surface area contributed by atoms with E-state index in [9.17, 15) is 19.8 Å². The van der Waals surface area contributed by atoms with Gasteiger partial charge in [0.05, 0.1) is 26.3 Å². The molecule has 3 rings (SSSR count). The van der Waals surface area contributed by atoms with E-state index in [2.05, 4.69) is 50.4 Å². The summed E-state index contributed by atoms with van der Waals surface area (Å²) in [6, 6.07) is 9.67. The molecule has 7 nitrogen and oxygen atoms in total. The van der Waals surface area contributed by atoms with Gasteiger partial charge in [0, 0.05) is 12.6 Å². The van der Waals surface area contributed by atoms with Gasteiger partial charge in [0.15, 0.2) is 17.3 Å². The Hall–Kier alpha value is -3.68. The van der Waals surface area contributed by atoms with Crippen molar-refractivity contribution >= 4 is 17.1 Å². The van der Waals surface area contributed by atoms with Gasteiger partial charge in [-0.2, -0.15) is 0 Å². The highest BCUT2D eigenvalue weighted by atomic mass is 16.5. The largest absolute Gasteiger partial charge is 0.504 e. The maximum absolute atomic E-state index is 12.8. The number of aliphatic hydroxyl groups excluding tert-OH is 1. The van der Waals surface area contributed by atoms with Gasteiger partial charge in [0.25, 0.3) is 0 Å². The van der Waals surface area contributed by atoms with Crippen molar-refractivity contribution in [3.05, 3.63) is 87.6 Å². The lowest BCUT2D eigenvalue weighted by atomic mass is 9.90. The number of nitrogens with two attached hydrogens (primary N) is 1. The molecule has 1 unspecified atom stereocenters. The van der Waals surface area contributed by atoms with Crippen LogP contribution in [-0.2, 0) is 22.4 Å². The Labute approximate surface area is 250 Å². The van der Waals surface area contributed by atoms with E-state index in [0.717, 1.165) is 43.3 Å². The van der Waals surface area contributed by atoms with E-state index in [0.29, 0.717) is 36.0 Å². The summed E-state index contributed by atoms with van der Waals surface area (Å²) in [4.78, 5) is 25.2. The van der Waals surface area contributed by atoms with Crippen LogP contribution in [0.4, 0.5) is 0 Å². The Morgan fingerprint density at radius 1 is 1.02 bits per heavy atom. The molecule has 226 valence electrons. The van der Waals surface area contributed by atoms with Gasteiger partial charge in [-0.05, 0) is 84.7 Å². The zero-order valence-electron chi connectivity index (χ0n) is 25.5. The van der Waals surface area contributed by atoms with Crippen molar-refractivity contribution < 1.29 is 24.5 Å². The second-order valence-electron chi connectivity index (χ2n) is 11.3. The highest BCUT2D eigenvalue weighted by molar-refractivity contribution is 6.07. The molecule has 1 aliphatic rings. The molecular weight excluding hydrogens is 528 g/mol. The quantitative estimate of drug-likeness (QED) is 0.114. The number of carbonyl (C=O) groups excluding carboxylic acids is 2. The summed E-state index contributed by atoms with van der Waals surface area (Å²) in [6.07, 6.45) is 11.4. The van der Waals surface area contributed by atoms with Crippen LogP contribution < -0.4 is 15.8 Å². The minimum atomic E-state index is -0.409. The Morgan fingerprint density at radius 2 is 1.74 bits per heavy atom. The number of rotatable bonds is 16. The first kappa shape index (κ1) is 32.8. The van der Waals surface area contributed by atoms with E-state index in [4.69, 9.17) is 10.5 Å². The van der Waals surface area contributed by atoms with Gasteiger partial charge < -0.3 is 26.0 Å². The number of methoxy groups -OCH3 is 1. The van der Waals surface area contributed by atoms with E-state index in [-0.39, 0.29) is 35.7 Å². The van der Waals surface area contributed by atoms with Crippen LogP contribution in [-0.4, -0.2) is 41.7 Å². The summed E-state index contributed by atoms with van der Waals surface area (Å²) in [5.41, 5.74) is 13.6. The van der Waals surface area contributed by atoms with Gasteiger partial charge in [-0.15, -0.1) is 0 Å². The number of aromatic hydroxyl groups is 1. The molecule has 2 aromatic carbocycles. The number of Topliss-reactive ketones (excluding diaryl/α,β-unsaturated/α-hetero) is 1. The van der Waals surface area contributed by atoms with Crippen LogP contribution in [0.2, 0.25) is 0 Å². The van der Waals surface area contributed by atoms with Gasteiger partial charge in [-0.1, -0.05) is 68.0 Å². The van der Waals surface area contributed by atoms with Gasteiger partial charge >= 0.3 is 0 Å². The first-order chi connectivity index (χ1) is 20.1. The van der Waals surface area contributed by atoms with E-state index in [1.165, 1.54) is 29.9 Å². The third-order valence-electron chi connectivity index (χ3n) is 7.49. The summed E-state index contributed by atoms with van der Waals surface area (Å²) in [5, 5.41) is 24.1. The number of aliphatic hydroxyl groups is 1. The molecule has 0 bridgehead atoms. The molecule has 0 aromatic heterocycles. The van der Waals surface area contributed by atoms with E-state index >= 15 is 0 Å². The first-order valence-electron chi connectivity index (χ1n) is 14.9. The van der Waals surface area contributed by atoms with Crippen molar-refractivity contribution in [2.75, 3.05) is 13.7 Å². The lowest BCUT2D eigenvalue weighted by molar-refractivity contribution is -0.124. The highest BCUT2D eigenvalue weighted by Gasteiger charge is 2.19. The number of ketones is 2. The summed E-state index contributed by atoms with van der Waals surface area (Å²) in [7, 11) is 1.45. The molecule has 1 aliphatic heterocycles. The average Bonchev–Trinajstić information content (AvgIpc) is 2.93. The first-order valence-corrected chi connectivity index (χ1v) is 14.9. The zero-order chi connectivity index (χ0) is 30.6. The number of unbranched alkanes of at least 4 members (excludes halogenated alkanes) is 4. The van der Waals surface area contributed by atoms with Gasteiger partial charge in [-0.3, -0.25) is 9.59 Å². The van der Waals surface area contributed by atoms with Gasteiger partial charge in [0.2, 0.25) is 0 Å². The predicted octanol–water partition coefficient (Wildman–Crippen LogP) is 5.77. The molecule has 0 aliphatic carbocycles. The monoisotopic (exact) mass is 574 g/mol. The molecular formula is C35H46N2O5. The number of carbonyl (C=O) groups is 2. The Morgan fingerprint density at radius 3 is 2.40 bits per heavy atom. The van der Waals surface area contributed by atoms with Crippen molar-refractivity contribution in [2.24, 2.45) is 5.73 Å². The SMILES string of the molecule is CCCCCCCC(=O)CC(=O)C=C(CO)c1cc(OC)c(O)cc1CC1=CNC(N)C(Cc2cc(C)cc(C)c2)=C1. The molecule has 0 saturated carbocycles. The number of aryl methyl sites for hydroxylation is 2. The van der Waals surface area contributed by atoms with Crippen LogP contribution in [0.15, 0.2) is 59.8 Å². The molecule has 1 atom stereocenters. The van der Waals surface area contributed by atoms with Crippen LogP contribution in [0.25, 0.3) is 5.57 Å². The Balaban J connectivity index is 1.83. The molecule has 42 heavy (non-hydrogen) atoms. The number of ether oxygens (including phenoxy) is 1. The van der Waals surface area contributed by atoms with E-state index in [1.54, 1.807) is 12.1 Å². The Kier molecular flexibility index (Phi) is 12.6. The molecule has 0 saturated heterocycles. The summed E-state index contributed by atoms with van der Waals surface area (Å²) in [5.74, 6) is -0.258. The number of allylic oxidation sites excluding steroid dienone is 3. The van der Waals surface area contributed by atoms with Crippen molar-refractivity contribution in [1.29, 1.82) is 0 Å². The molecule has 0 radical (unpaired) electrons. The second kappa shape index (κ2) is 16.1. The number of phenolic OH excluding ortho intramolecular Hbond substituents is 1. The van der Waals surface area contributed by atoms with Crippen LogP contribution in [0, 0.1) is 13.8 Å². The second-order valence-corrected chi connectivity index (χ2v) is 11.3. The summed E-state index contributed by atoms with van der Waals surface area (Å²) in [6.45, 7) is 5.89. The Bertz CT molecular complexity index is 1340. The zero-order valence-corrected chi connectivity index (χ0v) is 25.5. The maximum Gasteiger partial charge on any atom is 0.163 e. The molecule has 0 fully saturated rings. The van der Waals surface area contributed by atoms with Crippen LogP contribution in [0.5, 0.6) is 11.5 Å². The van der Waals surface area contributed by atoms with E-state index in [1.807, 2.05) is 6.20 Å². The van der Waals surface area contributed by atoms with Crippen molar-refractivity contribution in [2.45, 2.75) is 84.7 Å². The smallest absolute Gasteiger partial charge is 0.163 e. The van der Waals surface area contributed by atoms with Crippen LogP contribution in [0.3, 0.4) is 0 Å². The normalized spacial score (nSPS) is 15.1. The molecule has 0 spiro atoms. The summed E-state index contributed by atoms with van der Waals surface area (Å²) < 4.78 is 5.33. The fourth-order valence-electron chi connectivity index (χ4n) is 5.45. The topological polar surface area (TPSA) is 122 Å². The lowest BCUT2D eigenvalue weighted by Gasteiger charge is -2.24. The molecule has 7 heteroatoms. The lowest BCUT2D eigenvalue weighted by Crippen LogP contribution is -2.38. The predicted molar refractivity (Wildman–Crippen MR) is 168 cm³/mol. The average molecular weight is 575 g/mol. The van der Waals surface area contributed by atoms with Crippen LogP contribution in [0.1, 0.15) is 79.7 Å². The molecule has 5 N–H and O–H groups in total. The molecule has 1 heterocycles. The number of hydrogen-bond acceptors (Lipinski definition) is 7. The minimum Gasteiger partial charge on any atom is -0.504 e. The minimum absolute atomic E-state index is 0.0429. The molecule has 2 aromatic rings. The number of nitrogens with one attached hydrogen (secondary N) is 1. The van der Waals surface area contributed by atoms with Gasteiger partial charge in [0.1, 0.15) is 5.78 Å². The van der Waals surface area contributed by atoms with E-state index < -0.39 is 6.61 Å². The fraction of sp³-hybridized carbons (Fsp3) is 0.429. The number of dihydropyridines is 1. The van der Waals surface area contributed by atoms with Crippen molar-refractivity contribution in [3.8, 4) is 11.5 Å². The van der Waals surface area contributed by atoms with Crippen LogP contribution >= 0.6 is 0 Å². The number of benzene rings is 2. The summed E-state index contributed by atoms with van der Waals surface area (Å²) >= 11 is 0. The van der Waals surface area contributed by atoms with Crippen molar-refractivity contribution in [1.82, 2.24) is 5.32 Å². The fourth-order valence-corrected chi connectivity index (χ4v) is 5.45. The third kappa shape index (κ3) is 9.71. The number of phenols is 1. The third-order valence-corrected chi connectivity index (χ3v) is 7.49.